The number of nitriles is 1. The standard InChI is InChI=1S/C23H26N2O3/c1-16(2)23(4,15-24)25-21(26)17(3)28-22(27)20(18-11-7-5-8-12-18)19-13-9-6-10-14-19/h5-14,16-17,20H,1-4H3,(H,25,26)/t17-,23+/m1/s1. The first-order chi connectivity index (χ1) is 13.3. The summed E-state index contributed by atoms with van der Waals surface area (Å²) in [6, 6.07) is 20.7. The van der Waals surface area contributed by atoms with E-state index in [0.29, 0.717) is 0 Å². The van der Waals surface area contributed by atoms with E-state index in [2.05, 4.69) is 11.4 Å². The summed E-state index contributed by atoms with van der Waals surface area (Å²) in [5, 5.41) is 12.1. The molecule has 0 heterocycles. The summed E-state index contributed by atoms with van der Waals surface area (Å²) in [6.45, 7) is 6.86. The lowest BCUT2D eigenvalue weighted by Gasteiger charge is -2.29. The number of carbonyl (C=O) groups excluding carboxylic acids is 2. The number of nitrogens with zero attached hydrogens (tertiary/aromatic N) is 1. The van der Waals surface area contributed by atoms with Gasteiger partial charge in [-0.05, 0) is 30.9 Å². The Morgan fingerprint density at radius 1 is 0.964 bits per heavy atom. The van der Waals surface area contributed by atoms with E-state index in [-0.39, 0.29) is 5.92 Å². The van der Waals surface area contributed by atoms with E-state index < -0.39 is 29.4 Å². The number of hydrogen-bond donors (Lipinski definition) is 1. The van der Waals surface area contributed by atoms with E-state index in [0.717, 1.165) is 11.1 Å². The lowest BCUT2D eigenvalue weighted by Crippen LogP contribution is -2.52. The highest BCUT2D eigenvalue weighted by molar-refractivity contribution is 5.87. The van der Waals surface area contributed by atoms with Gasteiger partial charge in [0.15, 0.2) is 6.10 Å². The van der Waals surface area contributed by atoms with E-state index in [1.807, 2.05) is 74.5 Å². The molecule has 2 aromatic rings. The fourth-order valence-electron chi connectivity index (χ4n) is 2.71. The molecule has 2 atom stereocenters. The number of amides is 1. The number of nitrogens with one attached hydrogen (secondary N) is 1. The molecule has 1 amide bonds. The van der Waals surface area contributed by atoms with Crippen molar-refractivity contribution in [2.24, 2.45) is 5.92 Å². The molecule has 0 unspecified atom stereocenters. The Hall–Kier alpha value is -3.13. The average molecular weight is 378 g/mol. The summed E-state index contributed by atoms with van der Waals surface area (Å²) in [5.74, 6) is -1.73. The van der Waals surface area contributed by atoms with Crippen molar-refractivity contribution in [3.8, 4) is 6.07 Å². The average Bonchev–Trinajstić information content (AvgIpc) is 2.69. The van der Waals surface area contributed by atoms with Crippen molar-refractivity contribution < 1.29 is 14.3 Å². The van der Waals surface area contributed by atoms with Crippen molar-refractivity contribution in [3.05, 3.63) is 71.8 Å². The summed E-state index contributed by atoms with van der Waals surface area (Å²) in [5.41, 5.74) is 0.543. The number of rotatable bonds is 7. The molecule has 0 aliphatic rings. The number of ether oxygens (including phenoxy) is 1. The fourth-order valence-corrected chi connectivity index (χ4v) is 2.71. The van der Waals surface area contributed by atoms with Crippen LogP contribution in [0.4, 0.5) is 0 Å². The molecule has 28 heavy (non-hydrogen) atoms. The van der Waals surface area contributed by atoms with Gasteiger partial charge in [0.25, 0.3) is 5.91 Å². The van der Waals surface area contributed by atoms with Gasteiger partial charge in [0, 0.05) is 0 Å². The lowest BCUT2D eigenvalue weighted by molar-refractivity contribution is -0.156. The van der Waals surface area contributed by atoms with E-state index >= 15 is 0 Å². The van der Waals surface area contributed by atoms with Gasteiger partial charge in [-0.2, -0.15) is 5.26 Å². The Bertz CT molecular complexity index is 804. The maximum atomic E-state index is 13.0. The highest BCUT2D eigenvalue weighted by Gasteiger charge is 2.34. The summed E-state index contributed by atoms with van der Waals surface area (Å²) in [7, 11) is 0. The lowest BCUT2D eigenvalue weighted by atomic mass is 9.90. The Labute approximate surface area is 166 Å². The van der Waals surface area contributed by atoms with Crippen molar-refractivity contribution in [1.29, 1.82) is 5.26 Å². The van der Waals surface area contributed by atoms with Crippen molar-refractivity contribution in [2.75, 3.05) is 0 Å². The molecule has 0 aliphatic carbocycles. The quantitative estimate of drug-likeness (QED) is 0.743. The Kier molecular flexibility index (Phi) is 6.94. The predicted molar refractivity (Wildman–Crippen MR) is 107 cm³/mol. The molecular formula is C23H26N2O3. The monoisotopic (exact) mass is 378 g/mol. The second-order valence-corrected chi connectivity index (χ2v) is 7.29. The van der Waals surface area contributed by atoms with Crippen LogP contribution in [-0.2, 0) is 14.3 Å². The molecule has 1 N–H and O–H groups in total. The van der Waals surface area contributed by atoms with Crippen molar-refractivity contribution in [1.82, 2.24) is 5.32 Å². The van der Waals surface area contributed by atoms with Crippen molar-refractivity contribution in [3.63, 3.8) is 0 Å². The molecule has 0 spiro atoms. The summed E-state index contributed by atoms with van der Waals surface area (Å²) in [6.07, 6.45) is -1.02. The third kappa shape index (κ3) is 4.98. The minimum absolute atomic E-state index is 0.0919. The van der Waals surface area contributed by atoms with Crippen LogP contribution in [0.2, 0.25) is 0 Å². The molecule has 5 heteroatoms. The second kappa shape index (κ2) is 9.18. The fraction of sp³-hybridized carbons (Fsp3) is 0.348. The number of esters is 1. The minimum atomic E-state index is -1.03. The number of carbonyl (C=O) groups is 2. The van der Waals surface area contributed by atoms with Crippen LogP contribution < -0.4 is 5.32 Å². The third-order valence-corrected chi connectivity index (χ3v) is 4.93. The predicted octanol–water partition coefficient (Wildman–Crippen LogP) is 3.80. The topological polar surface area (TPSA) is 79.2 Å². The van der Waals surface area contributed by atoms with E-state index in [1.165, 1.54) is 6.92 Å². The Balaban J connectivity index is 2.20. The smallest absolute Gasteiger partial charge is 0.318 e. The molecule has 2 rings (SSSR count). The number of hydrogen-bond acceptors (Lipinski definition) is 4. The van der Waals surface area contributed by atoms with Crippen LogP contribution in [-0.4, -0.2) is 23.5 Å². The summed E-state index contributed by atoms with van der Waals surface area (Å²) < 4.78 is 5.49. The van der Waals surface area contributed by atoms with Gasteiger partial charge in [0.1, 0.15) is 11.5 Å². The molecule has 0 radical (unpaired) electrons. The Morgan fingerprint density at radius 2 is 1.43 bits per heavy atom. The van der Waals surface area contributed by atoms with Crippen LogP contribution in [0, 0.1) is 17.2 Å². The molecule has 0 aliphatic heterocycles. The van der Waals surface area contributed by atoms with Gasteiger partial charge in [-0.1, -0.05) is 74.5 Å². The Morgan fingerprint density at radius 3 is 1.82 bits per heavy atom. The van der Waals surface area contributed by atoms with Gasteiger partial charge in [0.2, 0.25) is 0 Å². The maximum absolute atomic E-state index is 13.0. The molecule has 0 saturated carbocycles. The van der Waals surface area contributed by atoms with Crippen LogP contribution in [0.15, 0.2) is 60.7 Å². The molecule has 0 aromatic heterocycles. The first-order valence-electron chi connectivity index (χ1n) is 9.32. The zero-order chi connectivity index (χ0) is 20.7. The van der Waals surface area contributed by atoms with Gasteiger partial charge in [0.05, 0.1) is 6.07 Å². The van der Waals surface area contributed by atoms with Crippen LogP contribution in [0.5, 0.6) is 0 Å². The van der Waals surface area contributed by atoms with Crippen LogP contribution in [0.3, 0.4) is 0 Å². The van der Waals surface area contributed by atoms with Crippen LogP contribution >= 0.6 is 0 Å². The van der Waals surface area contributed by atoms with E-state index in [4.69, 9.17) is 4.74 Å². The molecule has 2 aromatic carbocycles. The minimum Gasteiger partial charge on any atom is -0.452 e. The SMILES string of the molecule is CC(C)[C@](C)(C#N)NC(=O)[C@@H](C)OC(=O)C(c1ccccc1)c1ccccc1. The first-order valence-corrected chi connectivity index (χ1v) is 9.32. The van der Waals surface area contributed by atoms with Gasteiger partial charge in [-0.25, -0.2) is 0 Å². The molecule has 0 fully saturated rings. The highest BCUT2D eigenvalue weighted by Crippen LogP contribution is 2.26. The molecule has 0 bridgehead atoms. The maximum Gasteiger partial charge on any atom is 0.318 e. The normalized spacial score (nSPS) is 14.0. The molecule has 146 valence electrons. The van der Waals surface area contributed by atoms with Crippen LogP contribution in [0.25, 0.3) is 0 Å². The van der Waals surface area contributed by atoms with E-state index in [9.17, 15) is 14.9 Å². The molecule has 5 nitrogen and oxygen atoms in total. The van der Waals surface area contributed by atoms with Gasteiger partial charge >= 0.3 is 5.97 Å². The third-order valence-electron chi connectivity index (χ3n) is 4.93. The van der Waals surface area contributed by atoms with Crippen molar-refractivity contribution in [2.45, 2.75) is 45.3 Å². The van der Waals surface area contributed by atoms with Gasteiger partial charge in [-0.15, -0.1) is 0 Å². The highest BCUT2D eigenvalue weighted by atomic mass is 16.5. The second-order valence-electron chi connectivity index (χ2n) is 7.29. The van der Waals surface area contributed by atoms with Crippen molar-refractivity contribution >= 4 is 11.9 Å². The zero-order valence-electron chi connectivity index (χ0n) is 16.7. The van der Waals surface area contributed by atoms with Gasteiger partial charge < -0.3 is 10.1 Å². The van der Waals surface area contributed by atoms with E-state index in [1.54, 1.807) is 6.92 Å². The largest absolute Gasteiger partial charge is 0.452 e. The molecule has 0 saturated heterocycles. The van der Waals surface area contributed by atoms with Crippen LogP contribution in [0.1, 0.15) is 44.7 Å². The molecular weight excluding hydrogens is 352 g/mol. The zero-order valence-corrected chi connectivity index (χ0v) is 16.7. The summed E-state index contributed by atoms with van der Waals surface area (Å²) in [4.78, 5) is 25.5. The number of benzene rings is 2. The van der Waals surface area contributed by atoms with Gasteiger partial charge in [-0.3, -0.25) is 9.59 Å². The first kappa shape index (κ1) is 21.2. The summed E-state index contributed by atoms with van der Waals surface area (Å²) >= 11 is 0.